The Kier molecular flexibility index (Phi) is 5.78. The van der Waals surface area contributed by atoms with E-state index in [-0.39, 0.29) is 11.1 Å². The van der Waals surface area contributed by atoms with E-state index in [0.29, 0.717) is 10.7 Å². The first kappa shape index (κ1) is 22.7. The molecule has 0 aliphatic carbocycles. The van der Waals surface area contributed by atoms with Gasteiger partial charge in [0.2, 0.25) is 0 Å². The number of fused-ring (bicyclic) bond motifs is 1. The molecule has 0 saturated heterocycles. The minimum Gasteiger partial charge on any atom is -0.305 e. The molecule has 0 saturated carbocycles. The van der Waals surface area contributed by atoms with Gasteiger partial charge in [0.1, 0.15) is 11.5 Å². The molecule has 7 nitrogen and oxygen atoms in total. The average molecular weight is 487 g/mol. The number of urea groups is 1. The molecular weight excluding hydrogens is 463 g/mol. The maximum Gasteiger partial charge on any atom is 0.325 e. The molecule has 0 unspecified atom stereocenters. The number of imidazole rings is 1. The summed E-state index contributed by atoms with van der Waals surface area (Å²) in [4.78, 5) is 26.2. The number of nitrogens with zero attached hydrogens (tertiary/aromatic N) is 4. The van der Waals surface area contributed by atoms with Crippen LogP contribution in [0.2, 0.25) is 0 Å². The molecule has 2 N–H and O–H groups in total. The van der Waals surface area contributed by atoms with Gasteiger partial charge in [0.05, 0.1) is 17.6 Å². The van der Waals surface area contributed by atoms with Gasteiger partial charge in [-0.15, -0.1) is 11.3 Å². The van der Waals surface area contributed by atoms with Gasteiger partial charge in [-0.25, -0.2) is 19.2 Å². The van der Waals surface area contributed by atoms with E-state index in [2.05, 4.69) is 46.4 Å². The number of carbonyl (C=O) groups excluding carboxylic acids is 1. The third kappa shape index (κ3) is 4.76. The number of hydrogen-bond acceptors (Lipinski definition) is 5. The fourth-order valence-corrected chi connectivity index (χ4v) is 4.49. The Balaban J connectivity index is 1.33. The topological polar surface area (TPSA) is 84.2 Å². The van der Waals surface area contributed by atoms with Crippen molar-refractivity contribution < 1.29 is 9.18 Å². The molecular formula is C26H23FN6OS. The molecule has 0 aliphatic heterocycles. The highest BCUT2D eigenvalue weighted by Gasteiger charge is 2.18. The van der Waals surface area contributed by atoms with Crippen LogP contribution in [0.4, 0.5) is 20.0 Å². The van der Waals surface area contributed by atoms with Crippen LogP contribution in [0.3, 0.4) is 0 Å². The molecule has 5 aromatic rings. The Morgan fingerprint density at radius 1 is 0.943 bits per heavy atom. The van der Waals surface area contributed by atoms with Gasteiger partial charge in [0, 0.05) is 35.2 Å². The number of thiazole rings is 1. The van der Waals surface area contributed by atoms with Crippen LogP contribution in [-0.4, -0.2) is 25.4 Å². The molecule has 5 rings (SSSR count). The summed E-state index contributed by atoms with van der Waals surface area (Å²) in [6, 6.07) is 11.9. The Morgan fingerprint density at radius 2 is 1.74 bits per heavy atom. The van der Waals surface area contributed by atoms with Crippen LogP contribution in [0.25, 0.3) is 28.0 Å². The van der Waals surface area contributed by atoms with E-state index in [4.69, 9.17) is 0 Å². The van der Waals surface area contributed by atoms with Gasteiger partial charge < -0.3 is 5.32 Å². The number of benzene rings is 1. The molecule has 0 radical (unpaired) electrons. The van der Waals surface area contributed by atoms with Crippen LogP contribution in [0.15, 0.2) is 73.4 Å². The number of amides is 2. The lowest BCUT2D eigenvalue weighted by atomic mass is 9.96. The SMILES string of the molecule is CC(C)(C)c1cnc(NC(=O)Nc2ccc(-c3cnc4cc(-c5ccncc5)ccn34)cc2F)s1. The van der Waals surface area contributed by atoms with Gasteiger partial charge in [-0.2, -0.15) is 0 Å². The smallest absolute Gasteiger partial charge is 0.305 e. The van der Waals surface area contributed by atoms with Gasteiger partial charge >= 0.3 is 6.03 Å². The third-order valence-electron chi connectivity index (χ3n) is 5.51. The van der Waals surface area contributed by atoms with Gasteiger partial charge in [-0.1, -0.05) is 26.8 Å². The Hall–Kier alpha value is -4.11. The van der Waals surface area contributed by atoms with E-state index >= 15 is 0 Å². The van der Waals surface area contributed by atoms with Crippen molar-refractivity contribution in [2.75, 3.05) is 10.6 Å². The summed E-state index contributed by atoms with van der Waals surface area (Å²) in [6.45, 7) is 6.22. The van der Waals surface area contributed by atoms with Gasteiger partial charge in [0.25, 0.3) is 0 Å². The summed E-state index contributed by atoms with van der Waals surface area (Å²) >= 11 is 1.39. The van der Waals surface area contributed by atoms with Crippen molar-refractivity contribution in [1.29, 1.82) is 0 Å². The van der Waals surface area contributed by atoms with E-state index < -0.39 is 11.8 Å². The molecule has 9 heteroatoms. The number of pyridine rings is 2. The largest absolute Gasteiger partial charge is 0.325 e. The van der Waals surface area contributed by atoms with E-state index in [0.717, 1.165) is 27.3 Å². The number of hydrogen-bond donors (Lipinski definition) is 2. The standard InChI is InChI=1S/C26H23FN6OS/c1-26(2,3)22-15-30-25(35-22)32-24(34)31-20-5-4-18(12-19(20)27)21-14-29-23-13-17(8-11-33(21)23)16-6-9-28-10-7-16/h4-15H,1-3H3,(H2,30,31,32,34). The molecule has 0 fully saturated rings. The normalized spacial score (nSPS) is 11.5. The quantitative estimate of drug-likeness (QED) is 0.300. The minimum absolute atomic E-state index is 0.0611. The number of nitrogens with one attached hydrogen (secondary N) is 2. The Morgan fingerprint density at radius 3 is 2.46 bits per heavy atom. The Bertz CT molecular complexity index is 1520. The zero-order chi connectivity index (χ0) is 24.6. The van der Waals surface area contributed by atoms with Crippen molar-refractivity contribution in [2.24, 2.45) is 0 Å². The predicted molar refractivity (Wildman–Crippen MR) is 137 cm³/mol. The van der Waals surface area contributed by atoms with E-state index in [9.17, 15) is 9.18 Å². The van der Waals surface area contributed by atoms with Gasteiger partial charge in [-0.05, 0) is 52.9 Å². The van der Waals surface area contributed by atoms with Gasteiger partial charge in [0.15, 0.2) is 5.13 Å². The second-order valence-corrected chi connectivity index (χ2v) is 10.1. The molecule has 2 amide bonds. The fourth-order valence-electron chi connectivity index (χ4n) is 3.62. The zero-order valence-electron chi connectivity index (χ0n) is 19.4. The van der Waals surface area contributed by atoms with Crippen LogP contribution in [0, 0.1) is 5.82 Å². The molecule has 0 atom stereocenters. The van der Waals surface area contributed by atoms with Crippen LogP contribution < -0.4 is 10.6 Å². The fraction of sp³-hybridized carbons (Fsp3) is 0.154. The molecule has 4 aromatic heterocycles. The van der Waals surface area contributed by atoms with E-state index in [1.165, 1.54) is 23.5 Å². The molecule has 0 aliphatic rings. The highest BCUT2D eigenvalue weighted by molar-refractivity contribution is 7.15. The van der Waals surface area contributed by atoms with Crippen molar-refractivity contribution in [2.45, 2.75) is 26.2 Å². The second-order valence-electron chi connectivity index (χ2n) is 9.08. The highest BCUT2D eigenvalue weighted by Crippen LogP contribution is 2.31. The molecule has 176 valence electrons. The van der Waals surface area contributed by atoms with Crippen molar-refractivity contribution in [3.8, 4) is 22.4 Å². The van der Waals surface area contributed by atoms with Crippen molar-refractivity contribution in [3.05, 3.63) is 84.1 Å². The summed E-state index contributed by atoms with van der Waals surface area (Å²) < 4.78 is 16.8. The lowest BCUT2D eigenvalue weighted by Gasteiger charge is -2.14. The predicted octanol–water partition coefficient (Wildman–Crippen LogP) is 6.60. The van der Waals surface area contributed by atoms with E-state index in [1.54, 1.807) is 30.9 Å². The van der Waals surface area contributed by atoms with Crippen LogP contribution in [0.1, 0.15) is 25.6 Å². The molecule has 35 heavy (non-hydrogen) atoms. The molecule has 0 spiro atoms. The minimum atomic E-state index is -0.551. The van der Waals surface area contributed by atoms with Crippen LogP contribution in [-0.2, 0) is 5.41 Å². The lowest BCUT2D eigenvalue weighted by molar-refractivity contribution is 0.262. The van der Waals surface area contributed by atoms with Crippen LogP contribution in [0.5, 0.6) is 0 Å². The zero-order valence-corrected chi connectivity index (χ0v) is 20.2. The number of rotatable bonds is 4. The lowest BCUT2D eigenvalue weighted by Crippen LogP contribution is -2.20. The van der Waals surface area contributed by atoms with Crippen molar-refractivity contribution in [3.63, 3.8) is 0 Å². The second kappa shape index (κ2) is 8.92. The molecule has 0 bridgehead atoms. The van der Waals surface area contributed by atoms with Crippen LogP contribution >= 0.6 is 11.3 Å². The van der Waals surface area contributed by atoms with E-state index in [1.807, 2.05) is 34.9 Å². The monoisotopic (exact) mass is 486 g/mol. The first-order valence-corrected chi connectivity index (χ1v) is 11.8. The summed E-state index contributed by atoms with van der Waals surface area (Å²) in [7, 11) is 0. The van der Waals surface area contributed by atoms with Gasteiger partial charge in [-0.3, -0.25) is 14.7 Å². The number of anilines is 2. The maximum absolute atomic E-state index is 14.9. The third-order valence-corrected chi connectivity index (χ3v) is 6.84. The molecule has 4 heterocycles. The number of carbonyl (C=O) groups is 1. The number of aromatic nitrogens is 4. The first-order chi connectivity index (χ1) is 16.8. The number of halogens is 1. The summed E-state index contributed by atoms with van der Waals surface area (Å²) in [6.07, 6.45) is 8.84. The summed E-state index contributed by atoms with van der Waals surface area (Å²) in [5.74, 6) is -0.546. The van der Waals surface area contributed by atoms with Crippen molar-refractivity contribution in [1.82, 2.24) is 19.4 Å². The Labute approximate surface area is 205 Å². The molecule has 1 aromatic carbocycles. The maximum atomic E-state index is 14.9. The summed E-state index contributed by atoms with van der Waals surface area (Å²) in [5.41, 5.74) is 4.21. The summed E-state index contributed by atoms with van der Waals surface area (Å²) in [5, 5.41) is 5.68. The average Bonchev–Trinajstić information content (AvgIpc) is 3.48. The highest BCUT2D eigenvalue weighted by atomic mass is 32.1. The first-order valence-electron chi connectivity index (χ1n) is 11.0. The van der Waals surface area contributed by atoms with Crippen molar-refractivity contribution >= 4 is 33.8 Å².